The van der Waals surface area contributed by atoms with E-state index in [1.807, 2.05) is 6.92 Å². The molecule has 0 amide bonds. The van der Waals surface area contributed by atoms with Crippen LogP contribution in [0.5, 0.6) is 0 Å². The number of nitrogens with one attached hydrogen (secondary N) is 2. The Morgan fingerprint density at radius 2 is 2.10 bits per heavy atom. The Hall–Kier alpha value is -1.92. The Balaban J connectivity index is 2.11. The normalized spacial score (nSPS) is 16.7. The summed E-state index contributed by atoms with van der Waals surface area (Å²) in [5.74, 6) is 0.739. The fraction of sp³-hybridized carbons (Fsp3) is 0.714. The zero-order valence-electron chi connectivity index (χ0n) is 12.7. The van der Waals surface area contributed by atoms with Crippen LogP contribution in [0.25, 0.3) is 0 Å². The predicted octanol–water partition coefficient (Wildman–Crippen LogP) is 3.20. The topological polar surface area (TPSA) is 93.0 Å². The monoisotopic (exact) mass is 293 g/mol. The van der Waals surface area contributed by atoms with E-state index < -0.39 is 4.92 Å². The number of aromatic nitrogens is 2. The molecule has 0 unspecified atom stereocenters. The summed E-state index contributed by atoms with van der Waals surface area (Å²) in [7, 11) is 0. The Labute approximate surface area is 124 Å². The summed E-state index contributed by atoms with van der Waals surface area (Å²) in [6.07, 6.45) is 6.98. The van der Waals surface area contributed by atoms with Gasteiger partial charge in [0.2, 0.25) is 11.8 Å². The lowest BCUT2D eigenvalue weighted by atomic mass is 9.89. The number of nitro groups is 1. The predicted molar refractivity (Wildman–Crippen MR) is 82.5 cm³/mol. The second-order valence-electron chi connectivity index (χ2n) is 5.98. The third-order valence-corrected chi connectivity index (χ3v) is 3.99. The first-order valence-electron chi connectivity index (χ1n) is 7.53. The van der Waals surface area contributed by atoms with E-state index in [2.05, 4.69) is 27.5 Å². The van der Waals surface area contributed by atoms with Crippen molar-refractivity contribution < 1.29 is 4.92 Å². The van der Waals surface area contributed by atoms with Crippen molar-refractivity contribution in [2.75, 3.05) is 23.7 Å². The van der Waals surface area contributed by atoms with Crippen molar-refractivity contribution in [3.63, 3.8) is 0 Å². The van der Waals surface area contributed by atoms with Gasteiger partial charge < -0.3 is 10.6 Å². The van der Waals surface area contributed by atoms with Gasteiger partial charge in [-0.05, 0) is 24.7 Å². The van der Waals surface area contributed by atoms with Gasteiger partial charge in [0.05, 0.1) is 4.92 Å². The quantitative estimate of drug-likeness (QED) is 0.592. The molecule has 1 aliphatic carbocycles. The van der Waals surface area contributed by atoms with E-state index in [0.717, 1.165) is 25.8 Å². The maximum absolute atomic E-state index is 11.1. The smallest absolute Gasteiger partial charge is 0.329 e. The maximum atomic E-state index is 11.1. The lowest BCUT2D eigenvalue weighted by Crippen LogP contribution is -2.24. The largest absolute Gasteiger partial charge is 0.364 e. The van der Waals surface area contributed by atoms with Crippen molar-refractivity contribution in [3.8, 4) is 0 Å². The van der Waals surface area contributed by atoms with Gasteiger partial charge in [-0.15, -0.1) is 0 Å². The van der Waals surface area contributed by atoms with E-state index in [-0.39, 0.29) is 11.1 Å². The van der Waals surface area contributed by atoms with Crippen LogP contribution in [0.2, 0.25) is 0 Å². The summed E-state index contributed by atoms with van der Waals surface area (Å²) in [6.45, 7) is 5.71. The summed E-state index contributed by atoms with van der Waals surface area (Å²) in [6, 6.07) is 0. The second kappa shape index (κ2) is 6.69. The van der Waals surface area contributed by atoms with E-state index >= 15 is 0 Å². The third-order valence-electron chi connectivity index (χ3n) is 3.99. The van der Waals surface area contributed by atoms with Gasteiger partial charge in [0, 0.05) is 13.1 Å². The molecule has 0 atom stereocenters. The molecule has 0 aromatic carbocycles. The highest BCUT2D eigenvalue weighted by Crippen LogP contribution is 2.38. The molecule has 0 saturated heterocycles. The first-order valence-corrected chi connectivity index (χ1v) is 7.53. The molecule has 0 aliphatic heterocycles. The average Bonchev–Trinajstić information content (AvgIpc) is 2.90. The van der Waals surface area contributed by atoms with Crippen LogP contribution in [0.15, 0.2) is 6.20 Å². The van der Waals surface area contributed by atoms with E-state index in [4.69, 9.17) is 0 Å². The molecule has 2 rings (SSSR count). The molecular formula is C14H23N5O2. The summed E-state index contributed by atoms with van der Waals surface area (Å²) in [5.41, 5.74) is 0.133. The molecule has 7 heteroatoms. The molecule has 2 N–H and O–H groups in total. The molecule has 7 nitrogen and oxygen atoms in total. The Bertz CT molecular complexity index is 500. The van der Waals surface area contributed by atoms with Gasteiger partial charge in [-0.2, -0.15) is 4.98 Å². The van der Waals surface area contributed by atoms with Crippen LogP contribution in [-0.2, 0) is 0 Å². The molecular weight excluding hydrogens is 270 g/mol. The molecule has 116 valence electrons. The highest BCUT2D eigenvalue weighted by atomic mass is 16.6. The molecule has 1 aliphatic rings. The van der Waals surface area contributed by atoms with E-state index in [0.29, 0.717) is 18.3 Å². The van der Waals surface area contributed by atoms with Crippen molar-refractivity contribution in [1.82, 2.24) is 9.97 Å². The molecule has 1 heterocycles. The van der Waals surface area contributed by atoms with Crippen LogP contribution in [0.1, 0.15) is 46.0 Å². The zero-order chi connectivity index (χ0) is 15.3. The maximum Gasteiger partial charge on any atom is 0.329 e. The number of anilines is 2. The average molecular weight is 293 g/mol. The number of rotatable bonds is 7. The Morgan fingerprint density at radius 1 is 1.38 bits per heavy atom. The van der Waals surface area contributed by atoms with Crippen LogP contribution in [0.3, 0.4) is 0 Å². The molecule has 21 heavy (non-hydrogen) atoms. The first kappa shape index (κ1) is 15.5. The molecule has 1 saturated carbocycles. The number of hydrogen-bond acceptors (Lipinski definition) is 6. The van der Waals surface area contributed by atoms with Crippen molar-refractivity contribution in [3.05, 3.63) is 16.3 Å². The Kier molecular flexibility index (Phi) is 4.93. The number of nitrogens with zero attached hydrogens (tertiary/aromatic N) is 3. The summed E-state index contributed by atoms with van der Waals surface area (Å²) >= 11 is 0. The van der Waals surface area contributed by atoms with E-state index in [1.165, 1.54) is 19.0 Å². The third kappa shape index (κ3) is 4.03. The first-order chi connectivity index (χ1) is 10.0. The second-order valence-corrected chi connectivity index (χ2v) is 5.98. The SMILES string of the molecule is CCCNc1ncc([N+](=O)[O-])c(NCC2(C)CCCC2)n1. The van der Waals surface area contributed by atoms with Gasteiger partial charge in [-0.25, -0.2) is 4.98 Å². The lowest BCUT2D eigenvalue weighted by Gasteiger charge is -2.23. The van der Waals surface area contributed by atoms with Crippen LogP contribution >= 0.6 is 0 Å². The minimum Gasteiger partial charge on any atom is -0.364 e. The Morgan fingerprint density at radius 3 is 2.71 bits per heavy atom. The summed E-state index contributed by atoms with van der Waals surface area (Å²) in [4.78, 5) is 18.9. The number of hydrogen-bond donors (Lipinski definition) is 2. The molecule has 1 fully saturated rings. The van der Waals surface area contributed by atoms with Gasteiger partial charge in [0.25, 0.3) is 0 Å². The zero-order valence-corrected chi connectivity index (χ0v) is 12.7. The van der Waals surface area contributed by atoms with Crippen molar-refractivity contribution in [2.45, 2.75) is 46.0 Å². The van der Waals surface area contributed by atoms with Crippen LogP contribution in [-0.4, -0.2) is 28.0 Å². The van der Waals surface area contributed by atoms with Crippen LogP contribution < -0.4 is 10.6 Å². The summed E-state index contributed by atoms with van der Waals surface area (Å²) in [5, 5.41) is 17.3. The van der Waals surface area contributed by atoms with Crippen molar-refractivity contribution in [1.29, 1.82) is 0 Å². The van der Waals surface area contributed by atoms with Crippen molar-refractivity contribution >= 4 is 17.5 Å². The van der Waals surface area contributed by atoms with Crippen LogP contribution in [0.4, 0.5) is 17.5 Å². The standard InChI is InChI=1S/C14H23N5O2/c1-3-8-15-13-16-9-11(19(20)21)12(18-13)17-10-14(2)6-4-5-7-14/h9H,3-8,10H2,1-2H3,(H2,15,16,17,18). The molecule has 0 radical (unpaired) electrons. The van der Waals surface area contributed by atoms with Gasteiger partial charge in [0.1, 0.15) is 6.20 Å². The fourth-order valence-electron chi connectivity index (χ4n) is 2.66. The fourth-order valence-corrected chi connectivity index (χ4v) is 2.66. The molecule has 1 aromatic heterocycles. The molecule has 0 bridgehead atoms. The highest BCUT2D eigenvalue weighted by Gasteiger charge is 2.29. The summed E-state index contributed by atoms with van der Waals surface area (Å²) < 4.78 is 0. The lowest BCUT2D eigenvalue weighted by molar-refractivity contribution is -0.384. The van der Waals surface area contributed by atoms with Crippen molar-refractivity contribution in [2.24, 2.45) is 5.41 Å². The van der Waals surface area contributed by atoms with E-state index in [1.54, 1.807) is 0 Å². The van der Waals surface area contributed by atoms with E-state index in [9.17, 15) is 10.1 Å². The minimum atomic E-state index is -0.442. The van der Waals surface area contributed by atoms with Gasteiger partial charge in [0.15, 0.2) is 0 Å². The van der Waals surface area contributed by atoms with Crippen LogP contribution in [0, 0.1) is 15.5 Å². The van der Waals surface area contributed by atoms with Gasteiger partial charge >= 0.3 is 5.69 Å². The van der Waals surface area contributed by atoms with Gasteiger partial charge in [-0.1, -0.05) is 26.7 Å². The highest BCUT2D eigenvalue weighted by molar-refractivity contribution is 5.57. The minimum absolute atomic E-state index is 0.0707. The molecule has 0 spiro atoms. The molecule has 1 aromatic rings. The van der Waals surface area contributed by atoms with Gasteiger partial charge in [-0.3, -0.25) is 10.1 Å².